The normalized spacial score (nSPS) is 26.5. The molecule has 0 bridgehead atoms. The zero-order chi connectivity index (χ0) is 11.6. The van der Waals surface area contributed by atoms with E-state index < -0.39 is 5.60 Å². The van der Waals surface area contributed by atoms with Crippen LogP contribution in [0, 0.1) is 0 Å². The van der Waals surface area contributed by atoms with Crippen LogP contribution in [0.1, 0.15) is 40.0 Å². The Bertz CT molecular complexity index is 235. The smallest absolute Gasteiger partial charge is 0.410 e. The molecule has 4 nitrogen and oxygen atoms in total. The summed E-state index contributed by atoms with van der Waals surface area (Å²) in [7, 11) is 1.77. The third-order valence-corrected chi connectivity index (χ3v) is 2.71. The van der Waals surface area contributed by atoms with E-state index in [0.717, 1.165) is 19.3 Å². The average molecular weight is 214 g/mol. The van der Waals surface area contributed by atoms with E-state index in [1.54, 1.807) is 11.9 Å². The van der Waals surface area contributed by atoms with Gasteiger partial charge in [0.1, 0.15) is 5.60 Å². The predicted molar refractivity (Wildman–Crippen MR) is 59.6 cm³/mol. The molecule has 1 fully saturated rings. The van der Waals surface area contributed by atoms with Crippen molar-refractivity contribution in [3.63, 3.8) is 0 Å². The molecule has 0 spiro atoms. The fourth-order valence-corrected chi connectivity index (χ4v) is 1.92. The first-order chi connectivity index (χ1) is 6.81. The maximum absolute atomic E-state index is 11.7. The van der Waals surface area contributed by atoms with Gasteiger partial charge in [-0.3, -0.25) is 0 Å². The molecular formula is C11H22N2O2. The highest BCUT2D eigenvalue weighted by molar-refractivity contribution is 5.68. The Morgan fingerprint density at radius 3 is 2.40 bits per heavy atom. The van der Waals surface area contributed by atoms with Gasteiger partial charge in [0, 0.05) is 19.1 Å². The van der Waals surface area contributed by atoms with E-state index in [9.17, 15) is 4.79 Å². The number of likely N-dealkylation sites (N-methyl/N-ethyl adjacent to an activating group) is 1. The summed E-state index contributed by atoms with van der Waals surface area (Å²) in [5.74, 6) is 0. The molecule has 0 aromatic carbocycles. The van der Waals surface area contributed by atoms with Crippen LogP contribution in [0.5, 0.6) is 0 Å². The van der Waals surface area contributed by atoms with Gasteiger partial charge in [-0.2, -0.15) is 0 Å². The van der Waals surface area contributed by atoms with Crippen molar-refractivity contribution < 1.29 is 9.53 Å². The minimum absolute atomic E-state index is 0.0996. The second kappa shape index (κ2) is 4.39. The topological polar surface area (TPSA) is 55.6 Å². The summed E-state index contributed by atoms with van der Waals surface area (Å²) >= 11 is 0. The summed E-state index contributed by atoms with van der Waals surface area (Å²) in [4.78, 5) is 13.4. The van der Waals surface area contributed by atoms with Gasteiger partial charge in [-0.15, -0.1) is 0 Å². The van der Waals surface area contributed by atoms with Gasteiger partial charge in [0.15, 0.2) is 0 Å². The Morgan fingerprint density at radius 2 is 2.00 bits per heavy atom. The molecule has 0 saturated heterocycles. The van der Waals surface area contributed by atoms with Gasteiger partial charge >= 0.3 is 6.09 Å². The van der Waals surface area contributed by atoms with Crippen LogP contribution >= 0.6 is 0 Å². The summed E-state index contributed by atoms with van der Waals surface area (Å²) < 4.78 is 5.29. The first-order valence-electron chi connectivity index (χ1n) is 5.52. The van der Waals surface area contributed by atoms with Crippen molar-refractivity contribution in [3.05, 3.63) is 0 Å². The zero-order valence-corrected chi connectivity index (χ0v) is 10.1. The quantitative estimate of drug-likeness (QED) is 0.723. The molecule has 0 radical (unpaired) electrons. The SMILES string of the molecule is CN(C(=O)OC(C)(C)C)[C@@H]1CCCC1N. The van der Waals surface area contributed by atoms with Crippen LogP contribution in [0.25, 0.3) is 0 Å². The summed E-state index contributed by atoms with van der Waals surface area (Å²) in [5, 5.41) is 0. The van der Waals surface area contributed by atoms with E-state index in [4.69, 9.17) is 10.5 Å². The molecule has 1 unspecified atom stereocenters. The van der Waals surface area contributed by atoms with Gasteiger partial charge < -0.3 is 15.4 Å². The molecule has 0 aliphatic heterocycles. The number of nitrogens with zero attached hydrogens (tertiary/aromatic N) is 1. The molecule has 15 heavy (non-hydrogen) atoms. The third-order valence-electron chi connectivity index (χ3n) is 2.71. The number of hydrogen-bond donors (Lipinski definition) is 1. The van der Waals surface area contributed by atoms with E-state index >= 15 is 0 Å². The number of carbonyl (C=O) groups is 1. The molecule has 1 aliphatic rings. The number of ether oxygens (including phenoxy) is 1. The fourth-order valence-electron chi connectivity index (χ4n) is 1.92. The molecule has 1 aliphatic carbocycles. The molecule has 88 valence electrons. The highest BCUT2D eigenvalue weighted by Crippen LogP contribution is 2.23. The molecule has 1 amide bonds. The Balaban J connectivity index is 2.52. The second-order valence-electron chi connectivity index (χ2n) is 5.25. The van der Waals surface area contributed by atoms with Gasteiger partial charge in [-0.1, -0.05) is 0 Å². The zero-order valence-electron chi connectivity index (χ0n) is 10.1. The van der Waals surface area contributed by atoms with Crippen molar-refractivity contribution >= 4 is 6.09 Å². The largest absolute Gasteiger partial charge is 0.444 e. The van der Waals surface area contributed by atoms with Crippen molar-refractivity contribution in [2.24, 2.45) is 5.73 Å². The lowest BCUT2D eigenvalue weighted by Crippen LogP contribution is -2.47. The number of hydrogen-bond acceptors (Lipinski definition) is 3. The van der Waals surface area contributed by atoms with E-state index in [1.807, 2.05) is 20.8 Å². The average Bonchev–Trinajstić information content (AvgIpc) is 2.47. The molecule has 2 atom stereocenters. The lowest BCUT2D eigenvalue weighted by Gasteiger charge is -2.30. The first kappa shape index (κ1) is 12.3. The fraction of sp³-hybridized carbons (Fsp3) is 0.909. The maximum Gasteiger partial charge on any atom is 0.410 e. The van der Waals surface area contributed by atoms with Crippen LogP contribution < -0.4 is 5.73 Å². The molecule has 2 N–H and O–H groups in total. The van der Waals surface area contributed by atoms with Gasteiger partial charge in [0.25, 0.3) is 0 Å². The minimum Gasteiger partial charge on any atom is -0.444 e. The third kappa shape index (κ3) is 3.38. The Morgan fingerprint density at radius 1 is 1.40 bits per heavy atom. The molecular weight excluding hydrogens is 192 g/mol. The van der Waals surface area contributed by atoms with Crippen LogP contribution in [0.3, 0.4) is 0 Å². The monoisotopic (exact) mass is 214 g/mol. The van der Waals surface area contributed by atoms with Gasteiger partial charge in [-0.25, -0.2) is 4.79 Å². The Hall–Kier alpha value is -0.770. The number of amides is 1. The van der Waals surface area contributed by atoms with Crippen molar-refractivity contribution in [1.29, 1.82) is 0 Å². The van der Waals surface area contributed by atoms with Crippen molar-refractivity contribution in [2.75, 3.05) is 7.05 Å². The van der Waals surface area contributed by atoms with E-state index in [1.165, 1.54) is 0 Å². The summed E-state index contributed by atoms with van der Waals surface area (Å²) in [6.45, 7) is 5.61. The number of rotatable bonds is 1. The van der Waals surface area contributed by atoms with E-state index in [0.29, 0.717) is 0 Å². The lowest BCUT2D eigenvalue weighted by atomic mass is 10.1. The van der Waals surface area contributed by atoms with E-state index in [2.05, 4.69) is 0 Å². The van der Waals surface area contributed by atoms with Crippen molar-refractivity contribution in [2.45, 2.75) is 57.7 Å². The standard InChI is InChI=1S/C11H22N2O2/c1-11(2,3)15-10(14)13(4)9-7-5-6-8(9)12/h8-9H,5-7,12H2,1-4H3/t8?,9-/m1/s1. The van der Waals surface area contributed by atoms with Crippen molar-refractivity contribution in [1.82, 2.24) is 4.90 Å². The van der Waals surface area contributed by atoms with Gasteiger partial charge in [-0.05, 0) is 40.0 Å². The van der Waals surface area contributed by atoms with E-state index in [-0.39, 0.29) is 18.2 Å². The molecule has 1 saturated carbocycles. The second-order valence-corrected chi connectivity index (χ2v) is 5.25. The number of carbonyl (C=O) groups excluding carboxylic acids is 1. The predicted octanol–water partition coefficient (Wildman–Crippen LogP) is 1.73. The molecule has 0 heterocycles. The summed E-state index contributed by atoms with van der Waals surface area (Å²) in [6, 6.07) is 0.238. The Kier molecular flexibility index (Phi) is 3.60. The Labute approximate surface area is 91.8 Å². The minimum atomic E-state index is -0.436. The van der Waals surface area contributed by atoms with Crippen LogP contribution in [-0.2, 0) is 4.74 Å². The molecule has 4 heteroatoms. The highest BCUT2D eigenvalue weighted by Gasteiger charge is 2.32. The molecule has 1 rings (SSSR count). The summed E-state index contributed by atoms with van der Waals surface area (Å²) in [5.41, 5.74) is 5.50. The van der Waals surface area contributed by atoms with Crippen LogP contribution in [0.2, 0.25) is 0 Å². The van der Waals surface area contributed by atoms with Crippen LogP contribution in [-0.4, -0.2) is 35.7 Å². The summed E-state index contributed by atoms with van der Waals surface area (Å²) in [6.07, 6.45) is 2.80. The van der Waals surface area contributed by atoms with Gasteiger partial charge in [0.2, 0.25) is 0 Å². The van der Waals surface area contributed by atoms with Crippen LogP contribution in [0.15, 0.2) is 0 Å². The molecule has 0 aromatic rings. The lowest BCUT2D eigenvalue weighted by molar-refractivity contribution is 0.0214. The number of nitrogens with two attached hydrogens (primary N) is 1. The first-order valence-corrected chi connectivity index (χ1v) is 5.52. The maximum atomic E-state index is 11.7. The van der Waals surface area contributed by atoms with Crippen LogP contribution in [0.4, 0.5) is 4.79 Å². The van der Waals surface area contributed by atoms with Crippen molar-refractivity contribution in [3.8, 4) is 0 Å². The molecule has 0 aromatic heterocycles. The van der Waals surface area contributed by atoms with Gasteiger partial charge in [0.05, 0.1) is 0 Å². The highest BCUT2D eigenvalue weighted by atomic mass is 16.6.